The van der Waals surface area contributed by atoms with Crippen LogP contribution in [0.5, 0.6) is 0 Å². The maximum absolute atomic E-state index is 5.62. The van der Waals surface area contributed by atoms with E-state index in [2.05, 4.69) is 28.2 Å². The molecule has 2 unspecified atom stereocenters. The first-order valence-electron chi connectivity index (χ1n) is 3.19. The summed E-state index contributed by atoms with van der Waals surface area (Å²) in [5.74, 6) is 0.660. The van der Waals surface area contributed by atoms with Crippen molar-refractivity contribution in [2.75, 3.05) is 12.4 Å². The van der Waals surface area contributed by atoms with Crippen molar-refractivity contribution in [1.29, 1.82) is 0 Å². The van der Waals surface area contributed by atoms with Crippen LogP contribution in [0.3, 0.4) is 0 Å². The molecule has 0 radical (unpaired) electrons. The lowest BCUT2D eigenvalue weighted by atomic mass is 10.1. The molecule has 9 heavy (non-hydrogen) atoms. The summed E-state index contributed by atoms with van der Waals surface area (Å²) < 4.78 is 0. The molecule has 3 heteroatoms. The number of halogens is 1. The van der Waals surface area contributed by atoms with Crippen LogP contribution in [0.1, 0.15) is 13.3 Å². The quantitative estimate of drug-likeness (QED) is 0.517. The van der Waals surface area contributed by atoms with Crippen molar-refractivity contribution in [1.82, 2.24) is 5.32 Å². The van der Waals surface area contributed by atoms with Gasteiger partial charge in [0.1, 0.15) is 0 Å². The number of hydrogen-bond acceptors (Lipinski definition) is 2. The van der Waals surface area contributed by atoms with Gasteiger partial charge in [0.05, 0.1) is 6.17 Å². The molecule has 0 fully saturated rings. The fourth-order valence-electron chi connectivity index (χ4n) is 0.614. The number of nitrogens with one attached hydrogen (secondary N) is 1. The molecule has 0 aliphatic rings. The summed E-state index contributed by atoms with van der Waals surface area (Å²) in [6.07, 6.45) is 1.18. The highest BCUT2D eigenvalue weighted by atomic mass is 79.9. The van der Waals surface area contributed by atoms with Crippen molar-refractivity contribution in [3.05, 3.63) is 0 Å². The largest absolute Gasteiger partial charge is 0.316 e. The summed E-state index contributed by atoms with van der Waals surface area (Å²) in [7, 11) is 1.88. The third-order valence-electron chi connectivity index (χ3n) is 1.29. The van der Waals surface area contributed by atoms with Gasteiger partial charge in [0, 0.05) is 5.33 Å². The van der Waals surface area contributed by atoms with E-state index in [0.717, 1.165) is 11.8 Å². The Kier molecular flexibility index (Phi) is 5.44. The fourth-order valence-corrected chi connectivity index (χ4v) is 0.879. The molecule has 56 valence electrons. The molecule has 0 aliphatic carbocycles. The number of hydrogen-bond donors (Lipinski definition) is 2. The van der Waals surface area contributed by atoms with E-state index in [4.69, 9.17) is 5.73 Å². The van der Waals surface area contributed by atoms with Gasteiger partial charge in [-0.2, -0.15) is 0 Å². The minimum absolute atomic E-state index is 0.151. The second-order valence-electron chi connectivity index (χ2n) is 2.39. The van der Waals surface area contributed by atoms with Gasteiger partial charge >= 0.3 is 0 Å². The maximum Gasteiger partial charge on any atom is 0.0546 e. The molecular formula is C6H15BrN2. The van der Waals surface area contributed by atoms with E-state index in [1.807, 2.05) is 7.05 Å². The first-order chi connectivity index (χ1) is 4.20. The topological polar surface area (TPSA) is 38.0 Å². The third kappa shape index (κ3) is 4.88. The standard InChI is InChI=1S/C6H15BrN2/c1-5(4-7)3-6(8)9-2/h5-6,9H,3-4,8H2,1-2H3. The summed E-state index contributed by atoms with van der Waals surface area (Å²) in [5, 5.41) is 4.02. The van der Waals surface area contributed by atoms with Crippen LogP contribution in [0, 0.1) is 5.92 Å². The third-order valence-corrected chi connectivity index (χ3v) is 2.40. The van der Waals surface area contributed by atoms with Crippen molar-refractivity contribution in [3.8, 4) is 0 Å². The van der Waals surface area contributed by atoms with Gasteiger partial charge in [0.25, 0.3) is 0 Å². The van der Waals surface area contributed by atoms with Gasteiger partial charge in [-0.05, 0) is 19.4 Å². The molecule has 0 aromatic rings. The molecule has 0 rings (SSSR count). The number of nitrogens with two attached hydrogens (primary N) is 1. The van der Waals surface area contributed by atoms with Gasteiger partial charge in [0.2, 0.25) is 0 Å². The Morgan fingerprint density at radius 3 is 2.56 bits per heavy atom. The Morgan fingerprint density at radius 2 is 2.22 bits per heavy atom. The minimum atomic E-state index is 0.151. The highest BCUT2D eigenvalue weighted by molar-refractivity contribution is 9.09. The molecule has 0 amide bonds. The summed E-state index contributed by atoms with van der Waals surface area (Å²) in [6.45, 7) is 2.17. The van der Waals surface area contributed by atoms with E-state index in [-0.39, 0.29) is 6.17 Å². The van der Waals surface area contributed by atoms with Gasteiger partial charge < -0.3 is 11.1 Å². The Bertz CT molecular complexity index is 60.1. The van der Waals surface area contributed by atoms with Crippen molar-refractivity contribution in [2.45, 2.75) is 19.5 Å². The molecule has 3 N–H and O–H groups in total. The molecule has 0 bridgehead atoms. The second-order valence-corrected chi connectivity index (χ2v) is 3.04. The van der Waals surface area contributed by atoms with Gasteiger partial charge in [-0.15, -0.1) is 0 Å². The summed E-state index contributed by atoms with van der Waals surface area (Å²) >= 11 is 3.39. The molecule has 0 saturated carbocycles. The average Bonchev–Trinajstić information content (AvgIpc) is 1.87. The summed E-state index contributed by atoms with van der Waals surface area (Å²) in [5.41, 5.74) is 5.62. The van der Waals surface area contributed by atoms with Crippen molar-refractivity contribution in [2.24, 2.45) is 11.7 Å². The zero-order valence-electron chi connectivity index (χ0n) is 6.02. The fraction of sp³-hybridized carbons (Fsp3) is 1.00. The zero-order valence-corrected chi connectivity index (χ0v) is 7.61. The van der Waals surface area contributed by atoms with Gasteiger partial charge in [-0.3, -0.25) is 0 Å². The summed E-state index contributed by atoms with van der Waals surface area (Å²) in [6, 6.07) is 0. The van der Waals surface area contributed by atoms with E-state index in [0.29, 0.717) is 5.92 Å². The first-order valence-corrected chi connectivity index (χ1v) is 4.31. The van der Waals surface area contributed by atoms with Crippen molar-refractivity contribution >= 4 is 15.9 Å². The number of alkyl halides is 1. The van der Waals surface area contributed by atoms with Crippen LogP contribution in [0.2, 0.25) is 0 Å². The lowest BCUT2D eigenvalue weighted by molar-refractivity contribution is 0.460. The number of rotatable bonds is 4. The zero-order chi connectivity index (χ0) is 7.28. The van der Waals surface area contributed by atoms with Crippen LogP contribution in [-0.4, -0.2) is 18.5 Å². The minimum Gasteiger partial charge on any atom is -0.316 e. The van der Waals surface area contributed by atoms with Crippen LogP contribution < -0.4 is 11.1 Å². The normalized spacial score (nSPS) is 17.3. The first kappa shape index (κ1) is 9.40. The molecule has 0 spiro atoms. The molecule has 0 aromatic carbocycles. The van der Waals surface area contributed by atoms with Crippen LogP contribution in [0.25, 0.3) is 0 Å². The molecule has 0 heterocycles. The van der Waals surface area contributed by atoms with E-state index < -0.39 is 0 Å². The molecule has 2 atom stereocenters. The van der Waals surface area contributed by atoms with Gasteiger partial charge in [0.15, 0.2) is 0 Å². The molecule has 0 saturated heterocycles. The van der Waals surface area contributed by atoms with E-state index in [9.17, 15) is 0 Å². The van der Waals surface area contributed by atoms with Gasteiger partial charge in [-0.25, -0.2) is 0 Å². The Morgan fingerprint density at radius 1 is 1.67 bits per heavy atom. The van der Waals surface area contributed by atoms with E-state index >= 15 is 0 Å². The molecular weight excluding hydrogens is 180 g/mol. The highest BCUT2D eigenvalue weighted by Crippen LogP contribution is 2.05. The maximum atomic E-state index is 5.62. The van der Waals surface area contributed by atoms with Crippen molar-refractivity contribution < 1.29 is 0 Å². The molecule has 2 nitrogen and oxygen atoms in total. The SMILES string of the molecule is CNC(N)CC(C)CBr. The van der Waals surface area contributed by atoms with Crippen LogP contribution in [-0.2, 0) is 0 Å². The van der Waals surface area contributed by atoms with Gasteiger partial charge in [-0.1, -0.05) is 22.9 Å². The Balaban J connectivity index is 3.22. The smallest absolute Gasteiger partial charge is 0.0546 e. The van der Waals surface area contributed by atoms with E-state index in [1.54, 1.807) is 0 Å². The lowest BCUT2D eigenvalue weighted by Crippen LogP contribution is -2.36. The van der Waals surface area contributed by atoms with Crippen LogP contribution >= 0.6 is 15.9 Å². The molecule has 0 aromatic heterocycles. The van der Waals surface area contributed by atoms with Crippen molar-refractivity contribution in [3.63, 3.8) is 0 Å². The molecule has 0 aliphatic heterocycles. The average molecular weight is 195 g/mol. The Labute approximate surface area is 65.3 Å². The highest BCUT2D eigenvalue weighted by Gasteiger charge is 2.04. The second kappa shape index (κ2) is 5.21. The van der Waals surface area contributed by atoms with Crippen LogP contribution in [0.15, 0.2) is 0 Å². The van der Waals surface area contributed by atoms with Crippen LogP contribution in [0.4, 0.5) is 0 Å². The predicted octanol–water partition coefficient (Wildman–Crippen LogP) is 0.912. The monoisotopic (exact) mass is 194 g/mol. The Hall–Kier alpha value is 0.400. The summed E-state index contributed by atoms with van der Waals surface area (Å²) in [4.78, 5) is 0. The van der Waals surface area contributed by atoms with E-state index in [1.165, 1.54) is 0 Å². The predicted molar refractivity (Wildman–Crippen MR) is 44.6 cm³/mol. The lowest BCUT2D eigenvalue weighted by Gasteiger charge is -2.13.